The van der Waals surface area contributed by atoms with Crippen LogP contribution in [0.1, 0.15) is 19.8 Å². The van der Waals surface area contributed by atoms with Gasteiger partial charge < -0.3 is 5.73 Å². The molecular formula is C9H14N2. The van der Waals surface area contributed by atoms with Gasteiger partial charge in [-0.05, 0) is 25.8 Å². The molecule has 2 nitrogen and oxygen atoms in total. The monoisotopic (exact) mass is 150 g/mol. The van der Waals surface area contributed by atoms with Crippen LogP contribution in [0.2, 0.25) is 0 Å². The second kappa shape index (κ2) is 3.37. The summed E-state index contributed by atoms with van der Waals surface area (Å²) in [4.78, 5) is 4.15. The summed E-state index contributed by atoms with van der Waals surface area (Å²) < 4.78 is 0. The Balaban J connectivity index is 2.34. The lowest BCUT2D eigenvalue weighted by atomic mass is 10.3. The molecule has 60 valence electrons. The fourth-order valence-corrected chi connectivity index (χ4v) is 0.773. The molecule has 0 unspecified atom stereocenters. The van der Waals surface area contributed by atoms with E-state index in [0.29, 0.717) is 5.92 Å². The highest BCUT2D eigenvalue weighted by atomic mass is 14.7. The Morgan fingerprint density at radius 3 is 2.73 bits per heavy atom. The minimum atomic E-state index is 0.651. The van der Waals surface area contributed by atoms with Crippen molar-refractivity contribution in [2.24, 2.45) is 16.6 Å². The standard InChI is InChI=1S/C9H14N2/c1-7(10)5-6-11-8(2)9-3-4-9/h5-6,9H,2-4,10H2,1H3/b7-5-,11-6?. The van der Waals surface area contributed by atoms with Gasteiger partial charge in [-0.2, -0.15) is 0 Å². The lowest BCUT2D eigenvalue weighted by Crippen LogP contribution is -1.90. The third-order valence-corrected chi connectivity index (χ3v) is 1.63. The van der Waals surface area contributed by atoms with Crippen LogP contribution in [0, 0.1) is 5.92 Å². The van der Waals surface area contributed by atoms with Crippen LogP contribution < -0.4 is 5.73 Å². The molecule has 2 N–H and O–H groups in total. The molecule has 0 spiro atoms. The zero-order valence-corrected chi connectivity index (χ0v) is 6.88. The van der Waals surface area contributed by atoms with Crippen LogP contribution in [0.4, 0.5) is 0 Å². The van der Waals surface area contributed by atoms with E-state index in [2.05, 4.69) is 11.6 Å². The number of aliphatic imine (C=N–C) groups is 1. The van der Waals surface area contributed by atoms with Crippen molar-refractivity contribution in [2.45, 2.75) is 19.8 Å². The van der Waals surface area contributed by atoms with Gasteiger partial charge >= 0.3 is 0 Å². The van der Waals surface area contributed by atoms with Gasteiger partial charge in [-0.15, -0.1) is 0 Å². The van der Waals surface area contributed by atoms with Crippen LogP contribution in [-0.4, -0.2) is 6.21 Å². The van der Waals surface area contributed by atoms with Crippen LogP contribution in [0.3, 0.4) is 0 Å². The SMILES string of the molecule is C=C(N=C/C=C(/C)N)C1CC1. The molecule has 11 heavy (non-hydrogen) atoms. The maximum Gasteiger partial charge on any atom is 0.0362 e. The van der Waals surface area contributed by atoms with Crippen LogP contribution in [0.5, 0.6) is 0 Å². The Morgan fingerprint density at radius 2 is 2.27 bits per heavy atom. The molecule has 0 heterocycles. The Bertz CT molecular complexity index is 206. The van der Waals surface area contributed by atoms with E-state index in [-0.39, 0.29) is 0 Å². The maximum absolute atomic E-state index is 5.41. The van der Waals surface area contributed by atoms with E-state index in [9.17, 15) is 0 Å². The summed E-state index contributed by atoms with van der Waals surface area (Å²) >= 11 is 0. The minimum absolute atomic E-state index is 0.651. The highest BCUT2D eigenvalue weighted by Crippen LogP contribution is 2.35. The van der Waals surface area contributed by atoms with Crippen LogP contribution in [0.25, 0.3) is 0 Å². The molecule has 0 aromatic heterocycles. The molecule has 1 fully saturated rings. The molecule has 0 aliphatic heterocycles. The average Bonchev–Trinajstić information content (AvgIpc) is 2.66. The largest absolute Gasteiger partial charge is 0.402 e. The van der Waals surface area contributed by atoms with Gasteiger partial charge in [0.15, 0.2) is 0 Å². The molecule has 1 aliphatic carbocycles. The Kier molecular flexibility index (Phi) is 2.47. The van der Waals surface area contributed by atoms with Gasteiger partial charge in [0.05, 0.1) is 0 Å². The van der Waals surface area contributed by atoms with Crippen molar-refractivity contribution in [3.8, 4) is 0 Å². The molecule has 2 heteroatoms. The van der Waals surface area contributed by atoms with Crippen molar-refractivity contribution in [1.29, 1.82) is 0 Å². The summed E-state index contributed by atoms with van der Waals surface area (Å²) in [6, 6.07) is 0. The van der Waals surface area contributed by atoms with E-state index in [1.165, 1.54) is 12.8 Å². The average molecular weight is 150 g/mol. The normalized spacial score (nSPS) is 19.2. The molecule has 0 aromatic rings. The molecule has 0 aromatic carbocycles. The van der Waals surface area contributed by atoms with Crippen molar-refractivity contribution in [3.63, 3.8) is 0 Å². The second-order valence-electron chi connectivity index (χ2n) is 2.95. The van der Waals surface area contributed by atoms with Gasteiger partial charge in [-0.25, -0.2) is 0 Å². The highest BCUT2D eigenvalue weighted by molar-refractivity contribution is 5.72. The van der Waals surface area contributed by atoms with Crippen molar-refractivity contribution in [2.75, 3.05) is 0 Å². The number of rotatable bonds is 3. The second-order valence-corrected chi connectivity index (χ2v) is 2.95. The molecular weight excluding hydrogens is 136 g/mol. The third-order valence-electron chi connectivity index (χ3n) is 1.63. The van der Waals surface area contributed by atoms with Gasteiger partial charge in [-0.1, -0.05) is 6.58 Å². The summed E-state index contributed by atoms with van der Waals surface area (Å²) in [6.45, 7) is 5.68. The smallest absolute Gasteiger partial charge is 0.0362 e. The first-order chi connectivity index (χ1) is 5.20. The van der Waals surface area contributed by atoms with Crippen molar-refractivity contribution in [1.82, 2.24) is 0 Å². The zero-order valence-electron chi connectivity index (χ0n) is 6.88. The zero-order chi connectivity index (χ0) is 8.27. The third kappa shape index (κ3) is 3.03. The minimum Gasteiger partial charge on any atom is -0.402 e. The van der Waals surface area contributed by atoms with Crippen LogP contribution in [0.15, 0.2) is 29.0 Å². The fraction of sp³-hybridized carbons (Fsp3) is 0.444. The van der Waals surface area contributed by atoms with E-state index in [0.717, 1.165) is 11.4 Å². The number of nitrogens with two attached hydrogens (primary N) is 1. The predicted octanol–water partition coefficient (Wildman–Crippen LogP) is 1.84. The molecule has 1 saturated carbocycles. The van der Waals surface area contributed by atoms with E-state index in [1.807, 2.05) is 6.92 Å². The number of nitrogens with zero attached hydrogens (tertiary/aromatic N) is 1. The molecule has 0 amide bonds. The summed E-state index contributed by atoms with van der Waals surface area (Å²) in [5.41, 5.74) is 7.17. The molecule has 0 atom stereocenters. The molecule has 0 saturated heterocycles. The topological polar surface area (TPSA) is 38.4 Å². The summed E-state index contributed by atoms with van der Waals surface area (Å²) in [6.07, 6.45) is 6.01. The van der Waals surface area contributed by atoms with Gasteiger partial charge in [0, 0.05) is 23.5 Å². The number of allylic oxidation sites excluding steroid dienone is 3. The predicted molar refractivity (Wildman–Crippen MR) is 48.3 cm³/mol. The van der Waals surface area contributed by atoms with E-state index < -0.39 is 0 Å². The quantitative estimate of drug-likeness (QED) is 0.612. The molecule has 0 bridgehead atoms. The van der Waals surface area contributed by atoms with Gasteiger partial charge in [0.2, 0.25) is 0 Å². The number of hydrogen-bond donors (Lipinski definition) is 1. The summed E-state index contributed by atoms with van der Waals surface area (Å²) in [5, 5.41) is 0. The van der Waals surface area contributed by atoms with Gasteiger partial charge in [0.25, 0.3) is 0 Å². The number of hydrogen-bond acceptors (Lipinski definition) is 2. The van der Waals surface area contributed by atoms with Crippen molar-refractivity contribution in [3.05, 3.63) is 24.0 Å². The molecule has 1 rings (SSSR count). The van der Waals surface area contributed by atoms with E-state index in [4.69, 9.17) is 5.73 Å². The Hall–Kier alpha value is -1.05. The van der Waals surface area contributed by atoms with E-state index in [1.54, 1.807) is 12.3 Å². The summed E-state index contributed by atoms with van der Waals surface area (Å²) in [7, 11) is 0. The first kappa shape index (κ1) is 8.05. The van der Waals surface area contributed by atoms with Crippen LogP contribution >= 0.6 is 0 Å². The van der Waals surface area contributed by atoms with Gasteiger partial charge in [-0.3, -0.25) is 4.99 Å². The Morgan fingerprint density at radius 1 is 1.64 bits per heavy atom. The lowest BCUT2D eigenvalue weighted by Gasteiger charge is -1.91. The lowest BCUT2D eigenvalue weighted by molar-refractivity contribution is 0.992. The highest BCUT2D eigenvalue weighted by Gasteiger charge is 2.23. The van der Waals surface area contributed by atoms with Crippen LogP contribution in [-0.2, 0) is 0 Å². The fourth-order valence-electron chi connectivity index (χ4n) is 0.773. The molecule has 0 radical (unpaired) electrons. The van der Waals surface area contributed by atoms with E-state index >= 15 is 0 Å². The van der Waals surface area contributed by atoms with Crippen molar-refractivity contribution >= 4 is 6.21 Å². The van der Waals surface area contributed by atoms with Gasteiger partial charge in [0.1, 0.15) is 0 Å². The van der Waals surface area contributed by atoms with Crippen molar-refractivity contribution < 1.29 is 0 Å². The summed E-state index contributed by atoms with van der Waals surface area (Å²) in [5.74, 6) is 0.651. The Labute approximate surface area is 67.5 Å². The first-order valence-corrected chi connectivity index (χ1v) is 3.85. The molecule has 1 aliphatic rings. The first-order valence-electron chi connectivity index (χ1n) is 3.85. The maximum atomic E-state index is 5.41.